The zero-order chi connectivity index (χ0) is 22.5. The second-order valence-corrected chi connectivity index (χ2v) is 9.47. The Kier molecular flexibility index (Phi) is 8.11. The van der Waals surface area contributed by atoms with E-state index in [-0.39, 0.29) is 38.9 Å². The first kappa shape index (κ1) is 24.0. The van der Waals surface area contributed by atoms with Gasteiger partial charge in [-0.25, -0.2) is 8.42 Å². The van der Waals surface area contributed by atoms with Crippen molar-refractivity contribution in [2.24, 2.45) is 0 Å². The first-order valence-electron chi connectivity index (χ1n) is 9.15. The van der Waals surface area contributed by atoms with E-state index >= 15 is 0 Å². The summed E-state index contributed by atoms with van der Waals surface area (Å²) in [4.78, 5) is 25.1. The fourth-order valence-electron chi connectivity index (χ4n) is 2.55. The van der Waals surface area contributed by atoms with Crippen LogP contribution in [0.15, 0.2) is 42.5 Å². The van der Waals surface area contributed by atoms with E-state index in [2.05, 4.69) is 10.6 Å². The standard InChI is InChI=1S/C20H23Cl2N3O4S/c1-4-13(2)23-20(27)15-7-5-6-8-18(15)24-19(26)12-25(30(3,28)29)14-9-10-16(21)17(22)11-14/h5-11,13H,4,12H2,1-3H3,(H,23,27)(H,24,26). The van der Waals surface area contributed by atoms with Gasteiger partial charge in [0.1, 0.15) is 6.54 Å². The second-order valence-electron chi connectivity index (χ2n) is 6.74. The monoisotopic (exact) mass is 471 g/mol. The van der Waals surface area contributed by atoms with E-state index in [9.17, 15) is 18.0 Å². The molecule has 0 aliphatic rings. The highest BCUT2D eigenvalue weighted by atomic mass is 35.5. The lowest BCUT2D eigenvalue weighted by molar-refractivity contribution is -0.114. The van der Waals surface area contributed by atoms with Gasteiger partial charge in [0.15, 0.2) is 0 Å². The summed E-state index contributed by atoms with van der Waals surface area (Å²) in [5.41, 5.74) is 0.766. The number of carbonyl (C=O) groups is 2. The summed E-state index contributed by atoms with van der Waals surface area (Å²) in [6, 6.07) is 10.7. The van der Waals surface area contributed by atoms with Gasteiger partial charge in [0.2, 0.25) is 15.9 Å². The van der Waals surface area contributed by atoms with E-state index in [1.807, 2.05) is 13.8 Å². The van der Waals surface area contributed by atoms with Gasteiger partial charge >= 0.3 is 0 Å². The molecular formula is C20H23Cl2N3O4S. The summed E-state index contributed by atoms with van der Waals surface area (Å²) in [6.07, 6.45) is 1.74. The van der Waals surface area contributed by atoms with E-state index in [1.165, 1.54) is 18.2 Å². The molecule has 1 unspecified atom stereocenters. The third-order valence-corrected chi connectivity index (χ3v) is 6.19. The SMILES string of the molecule is CCC(C)NC(=O)c1ccccc1NC(=O)CN(c1ccc(Cl)c(Cl)c1)S(C)(=O)=O. The molecule has 30 heavy (non-hydrogen) atoms. The Morgan fingerprint density at radius 1 is 1.10 bits per heavy atom. The number of halogens is 2. The number of hydrogen-bond donors (Lipinski definition) is 2. The summed E-state index contributed by atoms with van der Waals surface area (Å²) in [5, 5.41) is 5.88. The molecule has 0 saturated heterocycles. The minimum atomic E-state index is -3.79. The average molecular weight is 472 g/mol. The largest absolute Gasteiger partial charge is 0.350 e. The number of rotatable bonds is 8. The molecule has 0 aromatic heterocycles. The van der Waals surface area contributed by atoms with Crippen LogP contribution in [0.1, 0.15) is 30.6 Å². The number of anilines is 2. The van der Waals surface area contributed by atoms with Crippen molar-refractivity contribution < 1.29 is 18.0 Å². The van der Waals surface area contributed by atoms with Crippen LogP contribution in [0.4, 0.5) is 11.4 Å². The fourth-order valence-corrected chi connectivity index (χ4v) is 3.69. The Morgan fingerprint density at radius 2 is 1.77 bits per heavy atom. The molecular weight excluding hydrogens is 449 g/mol. The van der Waals surface area contributed by atoms with E-state index in [4.69, 9.17) is 23.2 Å². The Hall–Kier alpha value is -2.29. The van der Waals surface area contributed by atoms with Crippen LogP contribution < -0.4 is 14.9 Å². The molecule has 0 spiro atoms. The number of carbonyl (C=O) groups excluding carboxylic acids is 2. The number of nitrogens with zero attached hydrogens (tertiary/aromatic N) is 1. The summed E-state index contributed by atoms with van der Waals surface area (Å²) in [5.74, 6) is -0.944. The minimum Gasteiger partial charge on any atom is -0.350 e. The van der Waals surface area contributed by atoms with Gasteiger partial charge in [-0.2, -0.15) is 0 Å². The highest BCUT2D eigenvalue weighted by Crippen LogP contribution is 2.28. The van der Waals surface area contributed by atoms with Crippen molar-refractivity contribution in [3.63, 3.8) is 0 Å². The topological polar surface area (TPSA) is 95.6 Å². The van der Waals surface area contributed by atoms with Gasteiger partial charge in [0.25, 0.3) is 5.91 Å². The number of benzene rings is 2. The number of para-hydroxylation sites is 1. The van der Waals surface area contributed by atoms with Gasteiger partial charge in [0.05, 0.1) is 33.2 Å². The van der Waals surface area contributed by atoms with Crippen LogP contribution in [0.3, 0.4) is 0 Å². The van der Waals surface area contributed by atoms with Gasteiger partial charge in [-0.1, -0.05) is 42.3 Å². The van der Waals surface area contributed by atoms with E-state index < -0.39 is 22.5 Å². The fraction of sp³-hybridized carbons (Fsp3) is 0.300. The predicted octanol–water partition coefficient (Wildman–Crippen LogP) is 3.93. The van der Waals surface area contributed by atoms with Crippen LogP contribution in [0.25, 0.3) is 0 Å². The van der Waals surface area contributed by atoms with Gasteiger partial charge in [-0.15, -0.1) is 0 Å². The molecule has 2 N–H and O–H groups in total. The molecule has 0 fully saturated rings. The molecule has 0 aliphatic heterocycles. The molecule has 0 aliphatic carbocycles. The Morgan fingerprint density at radius 3 is 2.37 bits per heavy atom. The molecule has 2 aromatic rings. The molecule has 7 nitrogen and oxygen atoms in total. The van der Waals surface area contributed by atoms with Gasteiger partial charge in [0, 0.05) is 6.04 Å². The van der Waals surface area contributed by atoms with Crippen molar-refractivity contribution >= 4 is 56.4 Å². The van der Waals surface area contributed by atoms with Crippen LogP contribution in [0.2, 0.25) is 10.0 Å². The van der Waals surface area contributed by atoms with E-state index in [0.717, 1.165) is 17.0 Å². The van der Waals surface area contributed by atoms with Crippen LogP contribution in [-0.4, -0.2) is 39.1 Å². The van der Waals surface area contributed by atoms with Crippen molar-refractivity contribution in [3.05, 3.63) is 58.1 Å². The van der Waals surface area contributed by atoms with Gasteiger partial charge in [-0.05, 0) is 43.7 Å². The third-order valence-electron chi connectivity index (χ3n) is 4.31. The lowest BCUT2D eigenvalue weighted by Crippen LogP contribution is -2.38. The summed E-state index contributed by atoms with van der Waals surface area (Å²) in [7, 11) is -3.79. The minimum absolute atomic E-state index is 0.0309. The van der Waals surface area contributed by atoms with Crippen LogP contribution in [-0.2, 0) is 14.8 Å². The van der Waals surface area contributed by atoms with Crippen molar-refractivity contribution in [3.8, 4) is 0 Å². The summed E-state index contributed by atoms with van der Waals surface area (Å²) >= 11 is 11.9. The molecule has 162 valence electrons. The highest BCUT2D eigenvalue weighted by Gasteiger charge is 2.23. The Balaban J connectivity index is 2.24. The molecule has 10 heteroatoms. The molecule has 0 radical (unpaired) electrons. The van der Waals surface area contributed by atoms with Crippen LogP contribution >= 0.6 is 23.2 Å². The van der Waals surface area contributed by atoms with Crippen molar-refractivity contribution in [1.82, 2.24) is 5.32 Å². The molecule has 0 saturated carbocycles. The summed E-state index contributed by atoms with van der Waals surface area (Å²) in [6.45, 7) is 3.32. The second kappa shape index (κ2) is 10.1. The Labute approximate surface area is 186 Å². The van der Waals surface area contributed by atoms with E-state index in [1.54, 1.807) is 24.3 Å². The third kappa shape index (κ3) is 6.35. The smallest absolute Gasteiger partial charge is 0.253 e. The number of amides is 2. The first-order valence-corrected chi connectivity index (χ1v) is 11.8. The quantitative estimate of drug-likeness (QED) is 0.609. The van der Waals surface area contributed by atoms with Gasteiger partial charge < -0.3 is 10.6 Å². The molecule has 2 amide bonds. The zero-order valence-electron chi connectivity index (χ0n) is 16.8. The maximum Gasteiger partial charge on any atom is 0.253 e. The van der Waals surface area contributed by atoms with Crippen molar-refractivity contribution in [1.29, 1.82) is 0 Å². The van der Waals surface area contributed by atoms with Crippen LogP contribution in [0, 0.1) is 0 Å². The molecule has 1 atom stereocenters. The summed E-state index contributed by atoms with van der Waals surface area (Å²) < 4.78 is 25.4. The highest BCUT2D eigenvalue weighted by molar-refractivity contribution is 7.92. The Bertz CT molecular complexity index is 1040. The maximum absolute atomic E-state index is 12.6. The van der Waals surface area contributed by atoms with Gasteiger partial charge in [-0.3, -0.25) is 13.9 Å². The van der Waals surface area contributed by atoms with Crippen molar-refractivity contribution in [2.75, 3.05) is 22.4 Å². The maximum atomic E-state index is 12.6. The number of hydrogen-bond acceptors (Lipinski definition) is 4. The predicted molar refractivity (Wildman–Crippen MR) is 121 cm³/mol. The molecule has 0 heterocycles. The lowest BCUT2D eigenvalue weighted by atomic mass is 10.1. The number of nitrogens with one attached hydrogen (secondary N) is 2. The van der Waals surface area contributed by atoms with Crippen LogP contribution in [0.5, 0.6) is 0 Å². The zero-order valence-corrected chi connectivity index (χ0v) is 19.1. The van der Waals surface area contributed by atoms with Crippen molar-refractivity contribution in [2.45, 2.75) is 26.3 Å². The lowest BCUT2D eigenvalue weighted by Gasteiger charge is -2.22. The average Bonchev–Trinajstić information content (AvgIpc) is 2.67. The van der Waals surface area contributed by atoms with E-state index in [0.29, 0.717) is 0 Å². The molecule has 2 aromatic carbocycles. The first-order chi connectivity index (χ1) is 14.0. The molecule has 2 rings (SSSR count). The molecule has 0 bridgehead atoms. The normalized spacial score (nSPS) is 12.2. The number of sulfonamides is 1.